The van der Waals surface area contributed by atoms with Crippen LogP contribution >= 0.6 is 0 Å². The van der Waals surface area contributed by atoms with Crippen LogP contribution in [-0.2, 0) is 0 Å². The number of benzene rings is 2. The summed E-state index contributed by atoms with van der Waals surface area (Å²) in [6.45, 7) is 0. The third kappa shape index (κ3) is 2.75. The number of nitrogens with two attached hydrogens (primary N) is 1. The molecular formula is C13H12N2O2. The molecule has 2 aromatic rings. The Morgan fingerprint density at radius 1 is 1.06 bits per heavy atom. The third-order valence-electron chi connectivity index (χ3n) is 2.31. The van der Waals surface area contributed by atoms with E-state index in [0.29, 0.717) is 5.69 Å². The van der Waals surface area contributed by atoms with Crippen molar-refractivity contribution in [3.63, 3.8) is 0 Å². The number of carboxylic acid groups (broad SMARTS) is 1. The molecule has 0 radical (unpaired) electrons. The maximum Gasteiger partial charge on any atom is 0.335 e. The van der Waals surface area contributed by atoms with Gasteiger partial charge in [0.2, 0.25) is 0 Å². The summed E-state index contributed by atoms with van der Waals surface area (Å²) >= 11 is 0. The second kappa shape index (κ2) is 4.57. The first-order valence-electron chi connectivity index (χ1n) is 5.11. The van der Waals surface area contributed by atoms with E-state index in [-0.39, 0.29) is 5.56 Å². The summed E-state index contributed by atoms with van der Waals surface area (Å²) in [5.74, 6) is -0.930. The van der Waals surface area contributed by atoms with Crippen molar-refractivity contribution in [1.82, 2.24) is 0 Å². The van der Waals surface area contributed by atoms with Gasteiger partial charge in [-0.2, -0.15) is 0 Å². The number of carbonyl (C=O) groups is 1. The van der Waals surface area contributed by atoms with Gasteiger partial charge in [0.05, 0.1) is 5.56 Å². The fourth-order valence-corrected chi connectivity index (χ4v) is 1.48. The van der Waals surface area contributed by atoms with Crippen molar-refractivity contribution in [2.75, 3.05) is 11.1 Å². The molecule has 4 nitrogen and oxygen atoms in total. The second-order valence-corrected chi connectivity index (χ2v) is 3.63. The van der Waals surface area contributed by atoms with Crippen molar-refractivity contribution in [3.05, 3.63) is 54.1 Å². The molecule has 0 saturated heterocycles. The van der Waals surface area contributed by atoms with Crippen LogP contribution in [0.3, 0.4) is 0 Å². The van der Waals surface area contributed by atoms with Crippen LogP contribution < -0.4 is 11.1 Å². The number of hydrogen-bond donors (Lipinski definition) is 3. The average Bonchev–Trinajstić information content (AvgIpc) is 2.29. The van der Waals surface area contributed by atoms with Gasteiger partial charge in [0.15, 0.2) is 0 Å². The number of carboxylic acids is 1. The van der Waals surface area contributed by atoms with E-state index in [4.69, 9.17) is 10.8 Å². The highest BCUT2D eigenvalue weighted by Crippen LogP contribution is 2.18. The number of rotatable bonds is 3. The number of hydrogen-bond acceptors (Lipinski definition) is 3. The van der Waals surface area contributed by atoms with E-state index in [1.165, 1.54) is 0 Å². The highest BCUT2D eigenvalue weighted by atomic mass is 16.4. The Morgan fingerprint density at radius 2 is 1.76 bits per heavy atom. The molecule has 4 N–H and O–H groups in total. The molecule has 0 aromatic heterocycles. The van der Waals surface area contributed by atoms with E-state index >= 15 is 0 Å². The van der Waals surface area contributed by atoms with E-state index in [9.17, 15) is 4.79 Å². The fourth-order valence-electron chi connectivity index (χ4n) is 1.48. The summed E-state index contributed by atoms with van der Waals surface area (Å²) < 4.78 is 0. The Balaban J connectivity index is 2.16. The van der Waals surface area contributed by atoms with Crippen LogP contribution in [0.2, 0.25) is 0 Å². The smallest absolute Gasteiger partial charge is 0.335 e. The van der Waals surface area contributed by atoms with Crippen molar-refractivity contribution < 1.29 is 9.90 Å². The normalized spacial score (nSPS) is 9.88. The first-order valence-corrected chi connectivity index (χ1v) is 5.11. The van der Waals surface area contributed by atoms with Crippen molar-refractivity contribution in [2.45, 2.75) is 0 Å². The maximum atomic E-state index is 10.7. The molecule has 0 saturated carbocycles. The Morgan fingerprint density at radius 3 is 2.35 bits per heavy atom. The van der Waals surface area contributed by atoms with Gasteiger partial charge in [-0.1, -0.05) is 6.07 Å². The minimum absolute atomic E-state index is 0.267. The van der Waals surface area contributed by atoms with Crippen LogP contribution in [0.25, 0.3) is 0 Å². The van der Waals surface area contributed by atoms with Gasteiger partial charge < -0.3 is 16.2 Å². The van der Waals surface area contributed by atoms with Gasteiger partial charge in [0.25, 0.3) is 0 Å². The van der Waals surface area contributed by atoms with Crippen LogP contribution in [0.4, 0.5) is 17.1 Å². The molecule has 0 bridgehead atoms. The number of anilines is 3. The minimum atomic E-state index is -0.930. The van der Waals surface area contributed by atoms with Gasteiger partial charge in [-0.3, -0.25) is 0 Å². The van der Waals surface area contributed by atoms with E-state index < -0.39 is 5.97 Å². The number of aromatic carboxylic acids is 1. The Kier molecular flexibility index (Phi) is 2.96. The van der Waals surface area contributed by atoms with Crippen molar-refractivity contribution in [3.8, 4) is 0 Å². The lowest BCUT2D eigenvalue weighted by molar-refractivity contribution is 0.0697. The average molecular weight is 228 g/mol. The molecule has 17 heavy (non-hydrogen) atoms. The summed E-state index contributed by atoms with van der Waals surface area (Å²) in [5.41, 5.74) is 8.29. The molecule has 0 aliphatic heterocycles. The van der Waals surface area contributed by atoms with Crippen LogP contribution in [0, 0.1) is 0 Å². The highest BCUT2D eigenvalue weighted by Gasteiger charge is 2.01. The first-order chi connectivity index (χ1) is 8.15. The minimum Gasteiger partial charge on any atom is -0.478 e. The standard InChI is InChI=1S/C13H12N2O2/c14-10-2-1-3-12(8-10)15-11-6-4-9(5-7-11)13(16)17/h1-8,15H,14H2,(H,16,17). The van der Waals surface area contributed by atoms with Gasteiger partial charge in [0.1, 0.15) is 0 Å². The van der Waals surface area contributed by atoms with Gasteiger partial charge in [-0.15, -0.1) is 0 Å². The summed E-state index contributed by atoms with van der Waals surface area (Å²) in [6, 6.07) is 13.9. The van der Waals surface area contributed by atoms with Gasteiger partial charge in [0, 0.05) is 17.1 Å². The van der Waals surface area contributed by atoms with Gasteiger partial charge in [-0.05, 0) is 42.5 Å². The quantitative estimate of drug-likeness (QED) is 0.706. The van der Waals surface area contributed by atoms with Crippen LogP contribution in [-0.4, -0.2) is 11.1 Å². The largest absolute Gasteiger partial charge is 0.478 e. The molecule has 0 spiro atoms. The first kappa shape index (κ1) is 11.0. The third-order valence-corrected chi connectivity index (χ3v) is 2.31. The number of nitrogens with one attached hydrogen (secondary N) is 1. The Hall–Kier alpha value is -2.49. The SMILES string of the molecule is Nc1cccc(Nc2ccc(C(=O)O)cc2)c1. The monoisotopic (exact) mass is 228 g/mol. The predicted molar refractivity (Wildman–Crippen MR) is 67.5 cm³/mol. The van der Waals surface area contributed by atoms with Crippen molar-refractivity contribution in [2.24, 2.45) is 0 Å². The van der Waals surface area contributed by atoms with Crippen LogP contribution in [0.5, 0.6) is 0 Å². The van der Waals surface area contributed by atoms with E-state index in [1.807, 2.05) is 18.2 Å². The summed E-state index contributed by atoms with van der Waals surface area (Å²) in [4.78, 5) is 10.7. The summed E-state index contributed by atoms with van der Waals surface area (Å²) in [6.07, 6.45) is 0. The zero-order chi connectivity index (χ0) is 12.3. The lowest BCUT2D eigenvalue weighted by Crippen LogP contribution is -1.96. The molecule has 2 rings (SSSR count). The topological polar surface area (TPSA) is 75.3 Å². The lowest BCUT2D eigenvalue weighted by Gasteiger charge is -2.07. The number of nitrogen functional groups attached to an aromatic ring is 1. The molecule has 2 aromatic carbocycles. The molecule has 0 heterocycles. The maximum absolute atomic E-state index is 10.7. The second-order valence-electron chi connectivity index (χ2n) is 3.63. The van der Waals surface area contributed by atoms with Crippen LogP contribution in [0.15, 0.2) is 48.5 Å². The highest BCUT2D eigenvalue weighted by molar-refractivity contribution is 5.88. The Bertz CT molecular complexity index is 535. The molecule has 86 valence electrons. The summed E-state index contributed by atoms with van der Waals surface area (Å²) in [7, 11) is 0. The Labute approximate surface area is 98.7 Å². The molecule has 0 atom stereocenters. The molecule has 0 fully saturated rings. The van der Waals surface area contributed by atoms with Crippen molar-refractivity contribution >= 4 is 23.0 Å². The van der Waals surface area contributed by atoms with Gasteiger partial charge >= 0.3 is 5.97 Å². The van der Waals surface area contributed by atoms with Gasteiger partial charge in [-0.25, -0.2) is 4.79 Å². The lowest BCUT2D eigenvalue weighted by atomic mass is 10.2. The van der Waals surface area contributed by atoms with Crippen molar-refractivity contribution in [1.29, 1.82) is 0 Å². The van der Waals surface area contributed by atoms with E-state index in [1.54, 1.807) is 30.3 Å². The predicted octanol–water partition coefficient (Wildman–Crippen LogP) is 2.71. The molecule has 0 unspecified atom stereocenters. The molecular weight excluding hydrogens is 216 g/mol. The molecule has 4 heteroatoms. The molecule has 0 amide bonds. The molecule has 0 aliphatic rings. The summed E-state index contributed by atoms with van der Waals surface area (Å²) in [5, 5.41) is 11.9. The van der Waals surface area contributed by atoms with Crippen LogP contribution in [0.1, 0.15) is 10.4 Å². The zero-order valence-corrected chi connectivity index (χ0v) is 9.05. The zero-order valence-electron chi connectivity index (χ0n) is 9.05. The fraction of sp³-hybridized carbons (Fsp3) is 0. The molecule has 0 aliphatic carbocycles. The van der Waals surface area contributed by atoms with E-state index in [2.05, 4.69) is 5.32 Å². The van der Waals surface area contributed by atoms with E-state index in [0.717, 1.165) is 11.4 Å².